The number of nitrogens with zero attached hydrogens (tertiary/aromatic N) is 5. The number of carbonyl (C=O) groups excluding carboxylic acids is 2. The number of hydrogen-bond donors (Lipinski definition) is 1. The van der Waals surface area contributed by atoms with E-state index in [1.807, 2.05) is 13.1 Å². The minimum atomic E-state index is -4.96. The van der Waals surface area contributed by atoms with Crippen molar-refractivity contribution in [3.8, 4) is 16.3 Å². The maximum absolute atomic E-state index is 13.3. The average molecular weight is 583 g/mol. The second kappa shape index (κ2) is 11.5. The van der Waals surface area contributed by atoms with Crippen LogP contribution in [0.15, 0.2) is 42.7 Å². The van der Waals surface area contributed by atoms with Gasteiger partial charge in [0.25, 0.3) is 0 Å². The van der Waals surface area contributed by atoms with Gasteiger partial charge in [0.2, 0.25) is 5.91 Å². The Kier molecular flexibility index (Phi) is 8.54. The van der Waals surface area contributed by atoms with E-state index < -0.39 is 23.6 Å². The van der Waals surface area contributed by atoms with Gasteiger partial charge in [-0.2, -0.15) is 0 Å². The fourth-order valence-corrected chi connectivity index (χ4v) is 5.29. The molecule has 1 aliphatic heterocycles. The number of nitrogens with one attached hydrogen (secondary N) is 1. The Labute approximate surface area is 232 Å². The van der Waals surface area contributed by atoms with Gasteiger partial charge in [-0.3, -0.25) is 19.5 Å². The molecule has 1 aromatic carbocycles. The standard InChI is InChI=1S/C25H25F3N6O3S.ClH/c1-33-9-11-34(12-10-33)24(6-7-24)23(36)30-18-13-16(4-5-20(18)37-25(26,27)28)19(35)14-21-31-32-22(38-21)17-3-2-8-29-15-17;/h2-5,8,13,15H,6-7,9-12,14H2,1H3,(H,30,36);1H. The number of amides is 1. The highest BCUT2D eigenvalue weighted by Crippen LogP contribution is 2.44. The molecule has 0 radical (unpaired) electrons. The van der Waals surface area contributed by atoms with E-state index in [1.54, 1.807) is 18.5 Å². The molecule has 1 amide bonds. The summed E-state index contributed by atoms with van der Waals surface area (Å²) in [6, 6.07) is 7.10. The second-order valence-corrected chi connectivity index (χ2v) is 10.4. The van der Waals surface area contributed by atoms with Crippen molar-refractivity contribution in [2.75, 3.05) is 38.5 Å². The molecule has 1 saturated carbocycles. The van der Waals surface area contributed by atoms with E-state index in [4.69, 9.17) is 0 Å². The van der Waals surface area contributed by atoms with E-state index in [1.165, 1.54) is 23.5 Å². The zero-order chi connectivity index (χ0) is 26.9. The number of hydrogen-bond acceptors (Lipinski definition) is 9. The number of piperazine rings is 1. The molecule has 3 aromatic rings. The van der Waals surface area contributed by atoms with E-state index in [-0.39, 0.29) is 35.9 Å². The molecule has 5 rings (SSSR count). The molecular formula is C25H26ClF3N6O3S. The van der Waals surface area contributed by atoms with Crippen molar-refractivity contribution in [1.29, 1.82) is 0 Å². The fourth-order valence-electron chi connectivity index (χ4n) is 4.46. The largest absolute Gasteiger partial charge is 0.573 e. The normalized spacial score (nSPS) is 17.2. The van der Waals surface area contributed by atoms with Crippen LogP contribution in [0.3, 0.4) is 0 Å². The molecule has 9 nitrogen and oxygen atoms in total. The van der Waals surface area contributed by atoms with Crippen molar-refractivity contribution < 1.29 is 27.5 Å². The fraction of sp³-hybridized carbons (Fsp3) is 0.400. The highest BCUT2D eigenvalue weighted by molar-refractivity contribution is 7.14. The summed E-state index contributed by atoms with van der Waals surface area (Å²) in [7, 11) is 2.00. The minimum absolute atomic E-state index is 0. The number of anilines is 1. The number of aromatic nitrogens is 3. The smallest absolute Gasteiger partial charge is 0.404 e. The molecule has 0 atom stereocenters. The summed E-state index contributed by atoms with van der Waals surface area (Å²) in [5.41, 5.74) is -0.0764. The lowest BCUT2D eigenvalue weighted by molar-refractivity contribution is -0.274. The molecule has 2 aliphatic rings. The lowest BCUT2D eigenvalue weighted by atomic mass is 10.1. The summed E-state index contributed by atoms with van der Waals surface area (Å²) >= 11 is 1.23. The molecule has 0 bridgehead atoms. The number of pyridine rings is 1. The van der Waals surface area contributed by atoms with Crippen LogP contribution in [0.25, 0.3) is 10.6 Å². The van der Waals surface area contributed by atoms with Crippen molar-refractivity contribution in [3.05, 3.63) is 53.3 Å². The van der Waals surface area contributed by atoms with Gasteiger partial charge >= 0.3 is 6.36 Å². The van der Waals surface area contributed by atoms with Gasteiger partial charge in [-0.15, -0.1) is 35.8 Å². The van der Waals surface area contributed by atoms with Crippen LogP contribution in [0.1, 0.15) is 28.2 Å². The monoisotopic (exact) mass is 582 g/mol. The molecule has 1 saturated heterocycles. The van der Waals surface area contributed by atoms with Crippen LogP contribution in [0.5, 0.6) is 5.75 Å². The Morgan fingerprint density at radius 2 is 1.87 bits per heavy atom. The summed E-state index contributed by atoms with van der Waals surface area (Å²) in [4.78, 5) is 34.6. The summed E-state index contributed by atoms with van der Waals surface area (Å²) in [5.74, 6) is -1.36. The third kappa shape index (κ3) is 6.72. The van der Waals surface area contributed by atoms with E-state index in [2.05, 4.69) is 35.0 Å². The van der Waals surface area contributed by atoms with Crippen molar-refractivity contribution in [1.82, 2.24) is 25.0 Å². The van der Waals surface area contributed by atoms with E-state index in [0.717, 1.165) is 24.7 Å². The number of carbonyl (C=O) groups is 2. The number of ketones is 1. The number of ether oxygens (including phenoxy) is 1. The molecule has 0 spiro atoms. The minimum Gasteiger partial charge on any atom is -0.404 e. The Bertz CT molecular complexity index is 1330. The lowest BCUT2D eigenvalue weighted by Crippen LogP contribution is -2.54. The zero-order valence-corrected chi connectivity index (χ0v) is 22.5. The lowest BCUT2D eigenvalue weighted by Gasteiger charge is -2.37. The maximum Gasteiger partial charge on any atom is 0.573 e. The Hall–Kier alpha value is -3.13. The quantitative estimate of drug-likeness (QED) is 0.397. The number of Topliss-reactive ketones (excluding diaryl/α,β-unsaturated/α-hetero) is 1. The molecule has 2 aromatic heterocycles. The van der Waals surface area contributed by atoms with Gasteiger partial charge in [-0.1, -0.05) is 11.3 Å². The topological polar surface area (TPSA) is 101 Å². The number of likely N-dealkylation sites (N-methyl/N-ethyl adjacent to an activating group) is 1. The predicted octanol–water partition coefficient (Wildman–Crippen LogP) is 4.06. The van der Waals surface area contributed by atoms with Gasteiger partial charge in [-0.05, 0) is 50.2 Å². The van der Waals surface area contributed by atoms with Crippen LogP contribution in [-0.2, 0) is 11.2 Å². The zero-order valence-electron chi connectivity index (χ0n) is 20.9. The van der Waals surface area contributed by atoms with Crippen LogP contribution < -0.4 is 10.1 Å². The highest BCUT2D eigenvalue weighted by atomic mass is 35.5. The molecule has 208 valence electrons. The molecular weight excluding hydrogens is 557 g/mol. The van der Waals surface area contributed by atoms with Crippen LogP contribution in [0.4, 0.5) is 18.9 Å². The summed E-state index contributed by atoms with van der Waals surface area (Å²) in [5, 5.41) is 11.8. The SMILES string of the molecule is CN1CCN(C2(C(=O)Nc3cc(C(=O)Cc4nnc(-c5cccnc5)s4)ccc3OC(F)(F)F)CC2)CC1.Cl. The molecule has 14 heteroatoms. The Balaban J connectivity index is 0.00000353. The number of rotatable bonds is 8. The first-order valence-corrected chi connectivity index (χ1v) is 12.9. The highest BCUT2D eigenvalue weighted by Gasteiger charge is 2.55. The van der Waals surface area contributed by atoms with Gasteiger partial charge in [0, 0.05) is 49.7 Å². The van der Waals surface area contributed by atoms with Crippen LogP contribution in [0, 0.1) is 0 Å². The predicted molar refractivity (Wildman–Crippen MR) is 141 cm³/mol. The third-order valence-corrected chi connectivity index (χ3v) is 7.69. The van der Waals surface area contributed by atoms with Gasteiger partial charge in [-0.25, -0.2) is 0 Å². The first-order chi connectivity index (χ1) is 18.1. The summed E-state index contributed by atoms with van der Waals surface area (Å²) < 4.78 is 43.4. The number of benzene rings is 1. The van der Waals surface area contributed by atoms with Crippen molar-refractivity contribution in [2.45, 2.75) is 31.2 Å². The second-order valence-electron chi connectivity index (χ2n) is 9.38. The van der Waals surface area contributed by atoms with Gasteiger partial charge in [0.15, 0.2) is 11.5 Å². The van der Waals surface area contributed by atoms with E-state index >= 15 is 0 Å². The van der Waals surface area contributed by atoms with Crippen LogP contribution >= 0.6 is 23.7 Å². The van der Waals surface area contributed by atoms with Crippen molar-refractivity contribution in [2.24, 2.45) is 0 Å². The first kappa shape index (κ1) is 28.9. The Morgan fingerprint density at radius 3 is 2.51 bits per heavy atom. The van der Waals surface area contributed by atoms with Crippen molar-refractivity contribution >= 4 is 41.1 Å². The van der Waals surface area contributed by atoms with Crippen LogP contribution in [0.2, 0.25) is 0 Å². The van der Waals surface area contributed by atoms with Gasteiger partial charge < -0.3 is 15.0 Å². The summed E-state index contributed by atoms with van der Waals surface area (Å²) in [6.07, 6.45) is -0.562. The number of halogens is 4. The molecule has 3 heterocycles. The van der Waals surface area contributed by atoms with E-state index in [9.17, 15) is 22.8 Å². The third-order valence-electron chi connectivity index (χ3n) is 6.72. The van der Waals surface area contributed by atoms with Crippen molar-refractivity contribution in [3.63, 3.8) is 0 Å². The first-order valence-electron chi connectivity index (χ1n) is 12.0. The number of alkyl halides is 3. The van der Waals surface area contributed by atoms with Gasteiger partial charge in [0.1, 0.15) is 15.6 Å². The van der Waals surface area contributed by atoms with Gasteiger partial charge in [0.05, 0.1) is 12.1 Å². The molecule has 1 N–H and O–H groups in total. The Morgan fingerprint density at radius 1 is 1.13 bits per heavy atom. The maximum atomic E-state index is 13.3. The molecule has 1 aliphatic carbocycles. The molecule has 0 unspecified atom stereocenters. The average Bonchev–Trinajstić information content (AvgIpc) is 3.57. The summed E-state index contributed by atoms with van der Waals surface area (Å²) in [6.45, 7) is 2.99. The molecule has 39 heavy (non-hydrogen) atoms. The molecule has 2 fully saturated rings. The van der Waals surface area contributed by atoms with Crippen LogP contribution in [-0.4, -0.2) is 81.8 Å². The van der Waals surface area contributed by atoms with E-state index in [0.29, 0.717) is 35.9 Å².